The number of pyridine rings is 2. The highest BCUT2D eigenvalue weighted by molar-refractivity contribution is 5.88. The van der Waals surface area contributed by atoms with Crippen LogP contribution in [0.4, 0.5) is 5.82 Å². The maximum atomic E-state index is 12.0. The van der Waals surface area contributed by atoms with E-state index in [1.54, 1.807) is 40.0 Å². The predicted molar refractivity (Wildman–Crippen MR) is 108 cm³/mol. The van der Waals surface area contributed by atoms with Crippen LogP contribution in [-0.2, 0) is 13.6 Å². The molecule has 0 amide bonds. The zero-order valence-electron chi connectivity index (χ0n) is 15.8. The van der Waals surface area contributed by atoms with Crippen LogP contribution in [0.25, 0.3) is 22.4 Å². The van der Waals surface area contributed by atoms with Crippen molar-refractivity contribution in [3.05, 3.63) is 65.0 Å². The van der Waals surface area contributed by atoms with Crippen LogP contribution in [0, 0.1) is 6.92 Å². The molecule has 0 atom stereocenters. The zero-order chi connectivity index (χ0) is 19.5. The number of rotatable bonds is 6. The van der Waals surface area contributed by atoms with E-state index in [2.05, 4.69) is 20.4 Å². The summed E-state index contributed by atoms with van der Waals surface area (Å²) in [6.45, 7) is 3.27. The molecule has 0 aromatic carbocycles. The third-order valence-corrected chi connectivity index (χ3v) is 4.65. The topological polar surface area (TPSA) is 90.5 Å². The lowest BCUT2D eigenvalue weighted by Gasteiger charge is -2.11. The zero-order valence-corrected chi connectivity index (χ0v) is 15.8. The molecule has 4 heterocycles. The van der Waals surface area contributed by atoms with Crippen LogP contribution in [-0.4, -0.2) is 35.8 Å². The van der Waals surface area contributed by atoms with Crippen molar-refractivity contribution in [1.29, 1.82) is 0 Å². The van der Waals surface area contributed by atoms with Gasteiger partial charge in [0.1, 0.15) is 5.82 Å². The molecule has 4 rings (SSSR count). The molecule has 8 nitrogen and oxygen atoms in total. The van der Waals surface area contributed by atoms with E-state index in [9.17, 15) is 4.79 Å². The van der Waals surface area contributed by atoms with Crippen LogP contribution in [0.5, 0.6) is 0 Å². The highest BCUT2D eigenvalue weighted by Gasteiger charge is 2.12. The molecule has 0 spiro atoms. The molecule has 4 aromatic rings. The number of fused-ring (bicyclic) bond motifs is 1. The van der Waals surface area contributed by atoms with Crippen molar-refractivity contribution in [2.45, 2.75) is 19.9 Å². The minimum absolute atomic E-state index is 0.0247. The van der Waals surface area contributed by atoms with E-state index in [1.165, 1.54) is 0 Å². The maximum Gasteiger partial charge on any atom is 0.250 e. The molecule has 28 heavy (non-hydrogen) atoms. The van der Waals surface area contributed by atoms with Crippen LogP contribution >= 0.6 is 0 Å². The molecule has 4 aromatic heterocycles. The number of aryl methyl sites for hydroxylation is 2. The minimum atomic E-state index is 0.0247. The molecule has 0 aliphatic rings. The first kappa shape index (κ1) is 17.8. The highest BCUT2D eigenvalue weighted by Crippen LogP contribution is 2.24. The van der Waals surface area contributed by atoms with Crippen molar-refractivity contribution in [3.63, 3.8) is 0 Å². The van der Waals surface area contributed by atoms with Gasteiger partial charge in [0.25, 0.3) is 5.56 Å². The van der Waals surface area contributed by atoms with Crippen LogP contribution in [0.3, 0.4) is 0 Å². The number of nitrogens with one attached hydrogen (secondary N) is 1. The maximum absolute atomic E-state index is 12.0. The fraction of sp³-hybridized carbons (Fsp3) is 0.250. The van der Waals surface area contributed by atoms with Crippen molar-refractivity contribution in [1.82, 2.24) is 29.3 Å². The summed E-state index contributed by atoms with van der Waals surface area (Å²) in [5.41, 5.74) is 2.65. The second-order valence-corrected chi connectivity index (χ2v) is 6.57. The molecule has 142 valence electrons. The molecule has 0 aliphatic carbocycles. The molecule has 0 saturated carbocycles. The smallest absolute Gasteiger partial charge is 0.250 e. The van der Waals surface area contributed by atoms with Gasteiger partial charge in [-0.05, 0) is 31.5 Å². The Kier molecular flexibility index (Phi) is 4.84. The van der Waals surface area contributed by atoms with Gasteiger partial charge in [0.2, 0.25) is 0 Å². The van der Waals surface area contributed by atoms with Crippen LogP contribution in [0.1, 0.15) is 12.1 Å². The SMILES string of the molecule is Cc1cccc(=O)n1CCCNc1nc(-c2ccncc2)nc2c1cnn2C. The molecule has 0 radical (unpaired) electrons. The molecule has 0 aliphatic heterocycles. The number of hydrogen-bond donors (Lipinski definition) is 1. The van der Waals surface area contributed by atoms with E-state index in [-0.39, 0.29) is 5.56 Å². The van der Waals surface area contributed by atoms with Gasteiger partial charge in [0.05, 0.1) is 11.6 Å². The average Bonchev–Trinajstić information content (AvgIpc) is 3.08. The largest absolute Gasteiger partial charge is 0.369 e. The molecule has 0 bridgehead atoms. The Morgan fingerprint density at radius 3 is 2.71 bits per heavy atom. The second kappa shape index (κ2) is 7.59. The Morgan fingerprint density at radius 1 is 1.11 bits per heavy atom. The molecule has 1 N–H and O–H groups in total. The first-order valence-electron chi connectivity index (χ1n) is 9.14. The van der Waals surface area contributed by atoms with Crippen molar-refractivity contribution >= 4 is 16.9 Å². The Labute approximate surface area is 161 Å². The summed E-state index contributed by atoms with van der Waals surface area (Å²) in [5.74, 6) is 1.36. The summed E-state index contributed by atoms with van der Waals surface area (Å²) in [7, 11) is 1.86. The van der Waals surface area contributed by atoms with Gasteiger partial charge in [-0.3, -0.25) is 14.5 Å². The lowest BCUT2D eigenvalue weighted by Crippen LogP contribution is -2.22. The predicted octanol–water partition coefficient (Wildman–Crippen LogP) is 2.40. The molecule has 0 fully saturated rings. The van der Waals surface area contributed by atoms with Crippen molar-refractivity contribution in [2.75, 3.05) is 11.9 Å². The number of anilines is 1. The van der Waals surface area contributed by atoms with Crippen LogP contribution < -0.4 is 10.9 Å². The van der Waals surface area contributed by atoms with Crippen molar-refractivity contribution in [3.8, 4) is 11.4 Å². The summed E-state index contributed by atoms with van der Waals surface area (Å²) in [4.78, 5) is 25.4. The van der Waals surface area contributed by atoms with E-state index >= 15 is 0 Å². The van der Waals surface area contributed by atoms with Crippen molar-refractivity contribution in [2.24, 2.45) is 7.05 Å². The second-order valence-electron chi connectivity index (χ2n) is 6.57. The number of aromatic nitrogens is 6. The first-order valence-corrected chi connectivity index (χ1v) is 9.14. The van der Waals surface area contributed by atoms with Crippen LogP contribution in [0.2, 0.25) is 0 Å². The van der Waals surface area contributed by atoms with Gasteiger partial charge in [-0.25, -0.2) is 9.97 Å². The first-order chi connectivity index (χ1) is 13.6. The van der Waals surface area contributed by atoms with E-state index in [0.29, 0.717) is 18.9 Å². The van der Waals surface area contributed by atoms with Gasteiger partial charge < -0.3 is 9.88 Å². The van der Waals surface area contributed by atoms with Gasteiger partial charge in [-0.2, -0.15) is 5.10 Å². The molecular weight excluding hydrogens is 354 g/mol. The van der Waals surface area contributed by atoms with E-state index in [0.717, 1.165) is 34.5 Å². The van der Waals surface area contributed by atoms with E-state index in [4.69, 9.17) is 4.98 Å². The number of nitrogens with zero attached hydrogens (tertiary/aromatic N) is 6. The fourth-order valence-electron chi connectivity index (χ4n) is 3.14. The monoisotopic (exact) mass is 375 g/mol. The molecule has 8 heteroatoms. The number of hydrogen-bond acceptors (Lipinski definition) is 6. The third kappa shape index (κ3) is 3.48. The summed E-state index contributed by atoms with van der Waals surface area (Å²) in [5, 5.41) is 8.56. The van der Waals surface area contributed by atoms with Crippen LogP contribution in [0.15, 0.2) is 53.7 Å². The summed E-state index contributed by atoms with van der Waals surface area (Å²) in [6.07, 6.45) is 6.00. The Bertz CT molecular complexity index is 1160. The van der Waals surface area contributed by atoms with Gasteiger partial charge in [-0.1, -0.05) is 6.07 Å². The van der Waals surface area contributed by atoms with E-state index < -0.39 is 0 Å². The molecular formula is C20H21N7O. The highest BCUT2D eigenvalue weighted by atomic mass is 16.1. The minimum Gasteiger partial charge on any atom is -0.369 e. The third-order valence-electron chi connectivity index (χ3n) is 4.65. The van der Waals surface area contributed by atoms with Gasteiger partial charge >= 0.3 is 0 Å². The van der Waals surface area contributed by atoms with Gasteiger partial charge in [0, 0.05) is 49.9 Å². The van der Waals surface area contributed by atoms with Gasteiger partial charge in [-0.15, -0.1) is 0 Å². The van der Waals surface area contributed by atoms with E-state index in [1.807, 2.05) is 32.2 Å². The standard InChI is InChI=1S/C20H21N7O/c1-14-5-3-6-17(28)27(14)12-4-9-22-19-16-13-23-26(2)20(16)25-18(24-19)15-7-10-21-11-8-15/h3,5-8,10-11,13H,4,9,12H2,1-2H3,(H,22,24,25). The average molecular weight is 375 g/mol. The Morgan fingerprint density at radius 2 is 1.93 bits per heavy atom. The summed E-state index contributed by atoms with van der Waals surface area (Å²) in [6, 6.07) is 9.08. The molecule has 0 unspecified atom stereocenters. The Hall–Kier alpha value is -3.55. The van der Waals surface area contributed by atoms with Crippen molar-refractivity contribution < 1.29 is 0 Å². The summed E-state index contributed by atoms with van der Waals surface area (Å²) >= 11 is 0. The molecule has 0 saturated heterocycles. The fourth-order valence-corrected chi connectivity index (χ4v) is 3.14. The lowest BCUT2D eigenvalue weighted by atomic mass is 10.2. The normalized spacial score (nSPS) is 11.1. The lowest BCUT2D eigenvalue weighted by molar-refractivity contribution is 0.622. The Balaban J connectivity index is 1.55. The quantitative estimate of drug-likeness (QED) is 0.521. The van der Waals surface area contributed by atoms with Gasteiger partial charge in [0.15, 0.2) is 11.5 Å². The summed E-state index contributed by atoms with van der Waals surface area (Å²) < 4.78 is 3.52.